The lowest BCUT2D eigenvalue weighted by molar-refractivity contribution is 0.0988. The van der Waals surface area contributed by atoms with E-state index in [9.17, 15) is 13.2 Å². The van der Waals surface area contributed by atoms with E-state index in [1.165, 1.54) is 29.8 Å². The van der Waals surface area contributed by atoms with Crippen molar-refractivity contribution < 1.29 is 23.0 Å². The van der Waals surface area contributed by atoms with Gasteiger partial charge in [-0.3, -0.25) is 4.57 Å². The summed E-state index contributed by atoms with van der Waals surface area (Å²) in [6, 6.07) is 4.01. The first-order chi connectivity index (χ1) is 9.35. The highest BCUT2D eigenvalue weighted by Crippen LogP contribution is 2.17. The van der Waals surface area contributed by atoms with Crippen LogP contribution in [-0.2, 0) is 17.1 Å². The lowest BCUT2D eigenvalue weighted by Gasteiger charge is -2.09. The summed E-state index contributed by atoms with van der Waals surface area (Å²) in [5.74, 6) is -0.585. The first-order valence-corrected chi connectivity index (χ1v) is 7.21. The second-order valence-electron chi connectivity index (χ2n) is 4.24. The van der Waals surface area contributed by atoms with Gasteiger partial charge in [0.25, 0.3) is 0 Å². The molecule has 8 nitrogen and oxygen atoms in total. The molecule has 110 valence electrons. The van der Waals surface area contributed by atoms with Crippen LogP contribution in [0, 0.1) is 0 Å². The number of rotatable bonds is 5. The number of aromatic nitrogens is 1. The van der Waals surface area contributed by atoms with Crippen LogP contribution in [0.3, 0.4) is 0 Å². The van der Waals surface area contributed by atoms with E-state index in [4.69, 9.17) is 14.6 Å². The number of hydrogen-bond acceptors (Lipinski definition) is 6. The highest BCUT2D eigenvalue weighted by Gasteiger charge is 2.17. The van der Waals surface area contributed by atoms with Gasteiger partial charge >= 0.3 is 5.76 Å². The fourth-order valence-corrected chi connectivity index (χ4v) is 2.72. The third-order valence-corrected chi connectivity index (χ3v) is 4.22. The van der Waals surface area contributed by atoms with Crippen molar-refractivity contribution in [1.82, 2.24) is 9.29 Å². The van der Waals surface area contributed by atoms with E-state index < -0.39 is 28.5 Å². The number of nitrogens with one attached hydrogen (secondary N) is 1. The molecule has 1 aromatic carbocycles. The molecule has 0 spiro atoms. The van der Waals surface area contributed by atoms with Gasteiger partial charge in [0.05, 0.1) is 23.1 Å². The molecule has 0 aliphatic carbocycles. The number of oxazole rings is 1. The van der Waals surface area contributed by atoms with Crippen LogP contribution in [0.2, 0.25) is 0 Å². The maximum Gasteiger partial charge on any atom is 0.419 e. The molecular weight excluding hydrogens is 288 g/mol. The smallest absolute Gasteiger partial charge is 0.408 e. The van der Waals surface area contributed by atoms with Crippen molar-refractivity contribution in [2.24, 2.45) is 7.05 Å². The molecule has 0 saturated carbocycles. The number of aliphatic hydroxyl groups is 2. The zero-order valence-electron chi connectivity index (χ0n) is 10.6. The van der Waals surface area contributed by atoms with Gasteiger partial charge in [0.1, 0.15) is 0 Å². The molecule has 0 aliphatic rings. The number of hydrogen-bond donors (Lipinski definition) is 3. The van der Waals surface area contributed by atoms with Gasteiger partial charge in [-0.15, -0.1) is 0 Å². The Kier molecular flexibility index (Phi) is 3.95. The first-order valence-electron chi connectivity index (χ1n) is 5.73. The highest BCUT2D eigenvalue weighted by molar-refractivity contribution is 7.89. The highest BCUT2D eigenvalue weighted by atomic mass is 32.2. The molecule has 2 rings (SSSR count). The van der Waals surface area contributed by atoms with Crippen LogP contribution in [0.15, 0.2) is 32.3 Å². The number of aliphatic hydroxyl groups excluding tert-OH is 2. The van der Waals surface area contributed by atoms with Crippen LogP contribution in [0.25, 0.3) is 11.1 Å². The normalized spacial score (nSPS) is 13.8. The lowest BCUT2D eigenvalue weighted by Crippen LogP contribution is -2.33. The van der Waals surface area contributed by atoms with E-state index >= 15 is 0 Å². The van der Waals surface area contributed by atoms with Crippen LogP contribution < -0.4 is 10.5 Å². The standard InChI is InChI=1S/C11H14N2O6S/c1-13-9-3-2-8(4-10(9)19-11(13)16)20(17,18)12-5-7(15)6-14/h2-4,7,12,14-15H,5-6H2,1H3. The zero-order valence-corrected chi connectivity index (χ0v) is 11.4. The molecule has 1 aromatic heterocycles. The van der Waals surface area contributed by atoms with Crippen LogP contribution in [0.1, 0.15) is 0 Å². The summed E-state index contributed by atoms with van der Waals surface area (Å²) in [5.41, 5.74) is 0.632. The Hall–Kier alpha value is -1.68. The fourth-order valence-electron chi connectivity index (χ4n) is 1.64. The largest absolute Gasteiger partial charge is 0.419 e. The van der Waals surface area contributed by atoms with Crippen molar-refractivity contribution in [3.63, 3.8) is 0 Å². The van der Waals surface area contributed by atoms with E-state index in [1.54, 1.807) is 0 Å². The van der Waals surface area contributed by atoms with E-state index in [0.29, 0.717) is 5.52 Å². The molecular formula is C11H14N2O6S. The Bertz CT molecular complexity index is 776. The van der Waals surface area contributed by atoms with Crippen molar-refractivity contribution in [1.29, 1.82) is 0 Å². The lowest BCUT2D eigenvalue weighted by atomic mass is 10.3. The van der Waals surface area contributed by atoms with Gasteiger partial charge < -0.3 is 14.6 Å². The third kappa shape index (κ3) is 2.75. The summed E-state index contributed by atoms with van der Waals surface area (Å²) in [7, 11) is -2.34. The molecule has 0 amide bonds. The summed E-state index contributed by atoms with van der Waals surface area (Å²) < 4.78 is 32.2. The van der Waals surface area contributed by atoms with Gasteiger partial charge in [-0.25, -0.2) is 17.9 Å². The average molecular weight is 302 g/mol. The molecule has 0 aliphatic heterocycles. The Labute approximate surface area is 114 Å². The molecule has 2 aromatic rings. The maximum atomic E-state index is 12.0. The maximum absolute atomic E-state index is 12.0. The Morgan fingerprint density at radius 3 is 2.80 bits per heavy atom. The van der Waals surface area contributed by atoms with E-state index in [-0.39, 0.29) is 17.0 Å². The summed E-state index contributed by atoms with van der Waals surface area (Å²) in [4.78, 5) is 11.2. The van der Waals surface area contributed by atoms with Crippen molar-refractivity contribution in [3.05, 3.63) is 28.7 Å². The topological polar surface area (TPSA) is 122 Å². The van der Waals surface area contributed by atoms with Crippen molar-refractivity contribution in [2.45, 2.75) is 11.0 Å². The van der Waals surface area contributed by atoms with Gasteiger partial charge in [0.2, 0.25) is 10.0 Å². The van der Waals surface area contributed by atoms with Gasteiger partial charge in [-0.05, 0) is 12.1 Å². The first kappa shape index (κ1) is 14.7. The van der Waals surface area contributed by atoms with Crippen LogP contribution in [0.5, 0.6) is 0 Å². The monoisotopic (exact) mass is 302 g/mol. The Morgan fingerprint density at radius 2 is 2.15 bits per heavy atom. The fraction of sp³-hybridized carbons (Fsp3) is 0.364. The second kappa shape index (κ2) is 5.37. The van der Waals surface area contributed by atoms with Crippen LogP contribution in [0.4, 0.5) is 0 Å². The van der Waals surface area contributed by atoms with E-state index in [1.807, 2.05) is 0 Å². The van der Waals surface area contributed by atoms with Crippen LogP contribution in [-0.4, -0.2) is 42.5 Å². The Morgan fingerprint density at radius 1 is 1.45 bits per heavy atom. The molecule has 1 atom stereocenters. The van der Waals surface area contributed by atoms with Gasteiger partial charge in [0, 0.05) is 19.7 Å². The number of nitrogens with zero attached hydrogens (tertiary/aromatic N) is 1. The van der Waals surface area contributed by atoms with Crippen molar-refractivity contribution in [2.75, 3.05) is 13.2 Å². The predicted molar refractivity (Wildman–Crippen MR) is 69.7 cm³/mol. The predicted octanol–water partition coefficient (Wildman–Crippen LogP) is -1.24. The minimum Gasteiger partial charge on any atom is -0.408 e. The molecule has 9 heteroatoms. The van der Waals surface area contributed by atoms with Gasteiger partial charge in [0.15, 0.2) is 5.58 Å². The molecule has 0 saturated heterocycles. The van der Waals surface area contributed by atoms with Crippen molar-refractivity contribution >= 4 is 21.1 Å². The van der Waals surface area contributed by atoms with Gasteiger partial charge in [-0.1, -0.05) is 0 Å². The quantitative estimate of drug-likeness (QED) is 0.635. The van der Waals surface area contributed by atoms with Crippen molar-refractivity contribution in [3.8, 4) is 0 Å². The summed E-state index contributed by atoms with van der Waals surface area (Å²) >= 11 is 0. The van der Waals surface area contributed by atoms with E-state index in [2.05, 4.69) is 4.72 Å². The van der Waals surface area contributed by atoms with E-state index in [0.717, 1.165) is 0 Å². The zero-order chi connectivity index (χ0) is 14.9. The van der Waals surface area contributed by atoms with Gasteiger partial charge in [-0.2, -0.15) is 0 Å². The Balaban J connectivity index is 2.35. The molecule has 0 bridgehead atoms. The molecule has 3 N–H and O–H groups in total. The minimum absolute atomic E-state index is 0.0931. The molecule has 1 unspecified atom stereocenters. The minimum atomic E-state index is -3.85. The number of sulfonamides is 1. The van der Waals surface area contributed by atoms with Crippen LogP contribution >= 0.6 is 0 Å². The average Bonchev–Trinajstić information content (AvgIpc) is 2.71. The molecule has 20 heavy (non-hydrogen) atoms. The summed E-state index contributed by atoms with van der Waals surface area (Å²) in [6.07, 6.45) is -1.18. The summed E-state index contributed by atoms with van der Waals surface area (Å²) in [6.45, 7) is -0.856. The molecule has 1 heterocycles. The number of fused-ring (bicyclic) bond motifs is 1. The second-order valence-corrected chi connectivity index (χ2v) is 6.01. The molecule has 0 fully saturated rings. The third-order valence-electron chi connectivity index (χ3n) is 2.79. The molecule has 0 radical (unpaired) electrons. The SMILES string of the molecule is Cn1c(=O)oc2cc(S(=O)(=O)NCC(O)CO)ccc21. The number of benzene rings is 1. The summed E-state index contributed by atoms with van der Waals surface area (Å²) in [5, 5.41) is 17.8. The number of aryl methyl sites for hydroxylation is 1.